The molecule has 0 saturated carbocycles. The predicted octanol–water partition coefficient (Wildman–Crippen LogP) is 3.76. The van der Waals surface area contributed by atoms with Gasteiger partial charge in [0, 0.05) is 29.1 Å². The van der Waals surface area contributed by atoms with E-state index >= 15 is 0 Å². The van der Waals surface area contributed by atoms with E-state index in [9.17, 15) is 0 Å². The zero-order chi connectivity index (χ0) is 16.5. The van der Waals surface area contributed by atoms with Crippen molar-refractivity contribution in [2.75, 3.05) is 23.7 Å². The van der Waals surface area contributed by atoms with E-state index in [0.29, 0.717) is 17.3 Å². The van der Waals surface area contributed by atoms with Crippen molar-refractivity contribution in [2.24, 2.45) is 0 Å². The van der Waals surface area contributed by atoms with Gasteiger partial charge in [-0.3, -0.25) is 4.98 Å². The second-order valence-corrected chi connectivity index (χ2v) is 6.51. The largest absolute Gasteiger partial charge is 0.435 e. The third kappa shape index (κ3) is 2.65. The molecule has 0 spiro atoms. The minimum absolute atomic E-state index is 0.362. The summed E-state index contributed by atoms with van der Waals surface area (Å²) in [5, 5.41) is 0.974. The van der Waals surface area contributed by atoms with Crippen LogP contribution in [0.3, 0.4) is 0 Å². The summed E-state index contributed by atoms with van der Waals surface area (Å²) in [5.41, 5.74) is 7.48. The Kier molecular flexibility index (Phi) is 3.93. The number of hydrogen-bond acceptors (Lipinski definition) is 6. The molecule has 4 rings (SSSR count). The molecule has 3 aromatic rings. The molecular formula is C17H16BrN5O. The van der Waals surface area contributed by atoms with Gasteiger partial charge in [0.2, 0.25) is 5.88 Å². The fourth-order valence-corrected chi connectivity index (χ4v) is 3.38. The molecule has 0 atom stereocenters. The fourth-order valence-electron chi connectivity index (χ4n) is 2.93. The molecule has 1 aromatic carbocycles. The molecule has 0 amide bonds. The zero-order valence-electron chi connectivity index (χ0n) is 12.9. The molecule has 6 nitrogen and oxygen atoms in total. The number of fused-ring (bicyclic) bond motifs is 1. The molecule has 2 N–H and O–H groups in total. The molecule has 1 aliphatic rings. The number of ether oxygens (including phenoxy) is 1. The number of nitrogens with zero attached hydrogens (tertiary/aromatic N) is 4. The molecule has 3 heterocycles. The summed E-state index contributed by atoms with van der Waals surface area (Å²) >= 11 is 3.53. The van der Waals surface area contributed by atoms with Crippen LogP contribution in [0.15, 0.2) is 41.3 Å². The van der Waals surface area contributed by atoms with Crippen molar-refractivity contribution >= 4 is 38.3 Å². The number of benzene rings is 1. The van der Waals surface area contributed by atoms with Crippen molar-refractivity contribution in [1.29, 1.82) is 0 Å². The first-order valence-corrected chi connectivity index (χ1v) is 8.60. The monoisotopic (exact) mass is 385 g/mol. The Balaban J connectivity index is 1.74. The van der Waals surface area contributed by atoms with E-state index in [-0.39, 0.29) is 0 Å². The highest BCUT2D eigenvalue weighted by atomic mass is 79.9. The van der Waals surface area contributed by atoms with Gasteiger partial charge in [-0.2, -0.15) is 4.98 Å². The first-order chi connectivity index (χ1) is 11.7. The lowest BCUT2D eigenvalue weighted by molar-refractivity contribution is 0.468. The van der Waals surface area contributed by atoms with E-state index in [1.54, 1.807) is 6.20 Å². The molecule has 7 heteroatoms. The molecular weight excluding hydrogens is 370 g/mol. The van der Waals surface area contributed by atoms with Crippen LogP contribution in [-0.2, 0) is 0 Å². The topological polar surface area (TPSA) is 77.2 Å². The third-order valence-corrected chi connectivity index (χ3v) is 4.81. The number of nitrogen functional groups attached to an aromatic ring is 1. The average Bonchev–Trinajstić information content (AvgIpc) is 3.14. The minimum atomic E-state index is 0.362. The van der Waals surface area contributed by atoms with Gasteiger partial charge in [0.05, 0.1) is 0 Å². The predicted molar refractivity (Wildman–Crippen MR) is 97.4 cm³/mol. The second-order valence-electron chi connectivity index (χ2n) is 5.66. The van der Waals surface area contributed by atoms with Crippen LogP contribution < -0.4 is 15.4 Å². The lowest BCUT2D eigenvalue weighted by Gasteiger charge is -2.19. The Hall–Kier alpha value is -2.41. The Morgan fingerprint density at radius 1 is 1.08 bits per heavy atom. The van der Waals surface area contributed by atoms with Crippen LogP contribution in [0.4, 0.5) is 11.5 Å². The Labute approximate surface area is 147 Å². The summed E-state index contributed by atoms with van der Waals surface area (Å²) in [6.07, 6.45) is 5.54. The molecule has 0 unspecified atom stereocenters. The highest BCUT2D eigenvalue weighted by molar-refractivity contribution is 9.10. The van der Waals surface area contributed by atoms with Crippen LogP contribution in [0.5, 0.6) is 11.6 Å². The lowest BCUT2D eigenvalue weighted by Crippen LogP contribution is -2.20. The van der Waals surface area contributed by atoms with Crippen LogP contribution in [0.1, 0.15) is 12.8 Å². The standard InChI is InChI=1S/C17H16BrN5O/c18-12-5-6-13(15-11(12)4-3-7-20-15)24-17-14(19)16(21-10-22-17)23-8-1-2-9-23/h3-7,10H,1-2,8-9,19H2. The highest BCUT2D eigenvalue weighted by Gasteiger charge is 2.20. The molecule has 1 fully saturated rings. The number of pyridine rings is 1. The van der Waals surface area contributed by atoms with Gasteiger partial charge in [-0.15, -0.1) is 0 Å². The molecule has 2 aromatic heterocycles. The number of aromatic nitrogens is 3. The van der Waals surface area contributed by atoms with Crippen LogP contribution >= 0.6 is 15.9 Å². The lowest BCUT2D eigenvalue weighted by atomic mass is 10.2. The summed E-state index contributed by atoms with van der Waals surface area (Å²) < 4.78 is 6.96. The molecule has 1 aliphatic heterocycles. The normalized spacial score (nSPS) is 14.3. The maximum absolute atomic E-state index is 6.26. The van der Waals surface area contributed by atoms with Crippen molar-refractivity contribution < 1.29 is 4.74 Å². The van der Waals surface area contributed by atoms with E-state index < -0.39 is 0 Å². The quantitative estimate of drug-likeness (QED) is 0.739. The van der Waals surface area contributed by atoms with Crippen molar-refractivity contribution in [3.05, 3.63) is 41.3 Å². The van der Waals surface area contributed by atoms with Gasteiger partial charge in [0.1, 0.15) is 17.5 Å². The maximum atomic E-state index is 6.26. The van der Waals surface area contributed by atoms with Gasteiger partial charge in [-0.05, 0) is 31.0 Å². The van der Waals surface area contributed by atoms with E-state index in [4.69, 9.17) is 10.5 Å². The van der Waals surface area contributed by atoms with Gasteiger partial charge in [-0.25, -0.2) is 4.98 Å². The van der Waals surface area contributed by atoms with Crippen molar-refractivity contribution in [1.82, 2.24) is 15.0 Å². The van der Waals surface area contributed by atoms with Gasteiger partial charge in [0.15, 0.2) is 11.6 Å². The fraction of sp³-hybridized carbons (Fsp3) is 0.235. The summed E-state index contributed by atoms with van der Waals surface area (Å²) in [5.74, 6) is 1.72. The number of anilines is 2. The van der Waals surface area contributed by atoms with Crippen LogP contribution in [0, 0.1) is 0 Å². The van der Waals surface area contributed by atoms with Gasteiger partial charge < -0.3 is 15.4 Å². The summed E-state index contributed by atoms with van der Waals surface area (Å²) in [6, 6.07) is 7.66. The van der Waals surface area contributed by atoms with E-state index in [1.165, 1.54) is 6.33 Å². The molecule has 0 aliphatic carbocycles. The zero-order valence-corrected chi connectivity index (χ0v) is 14.5. The van der Waals surface area contributed by atoms with E-state index in [2.05, 4.69) is 35.8 Å². The summed E-state index contributed by atoms with van der Waals surface area (Å²) in [7, 11) is 0. The number of halogens is 1. The van der Waals surface area contributed by atoms with Crippen molar-refractivity contribution in [2.45, 2.75) is 12.8 Å². The SMILES string of the molecule is Nc1c(Oc2ccc(Br)c3cccnc23)ncnc1N1CCCC1. The first kappa shape index (κ1) is 15.1. The van der Waals surface area contributed by atoms with Gasteiger partial charge >= 0.3 is 0 Å². The van der Waals surface area contributed by atoms with Crippen LogP contribution in [0.2, 0.25) is 0 Å². The third-order valence-electron chi connectivity index (χ3n) is 4.12. The summed E-state index contributed by atoms with van der Waals surface area (Å²) in [4.78, 5) is 15.1. The van der Waals surface area contributed by atoms with Crippen LogP contribution in [-0.4, -0.2) is 28.0 Å². The van der Waals surface area contributed by atoms with Gasteiger partial charge in [0.25, 0.3) is 0 Å². The van der Waals surface area contributed by atoms with E-state index in [1.807, 2.05) is 24.3 Å². The Bertz CT molecular complexity index is 895. The Morgan fingerprint density at radius 3 is 2.75 bits per heavy atom. The number of hydrogen-bond donors (Lipinski definition) is 1. The highest BCUT2D eigenvalue weighted by Crippen LogP contribution is 2.36. The molecule has 0 radical (unpaired) electrons. The van der Waals surface area contributed by atoms with Gasteiger partial charge in [-0.1, -0.05) is 22.0 Å². The average molecular weight is 386 g/mol. The first-order valence-electron chi connectivity index (χ1n) is 7.80. The molecule has 24 heavy (non-hydrogen) atoms. The smallest absolute Gasteiger partial charge is 0.248 e. The van der Waals surface area contributed by atoms with Crippen LogP contribution in [0.25, 0.3) is 10.9 Å². The minimum Gasteiger partial charge on any atom is -0.435 e. The number of nitrogens with two attached hydrogens (primary N) is 1. The second kappa shape index (κ2) is 6.24. The van der Waals surface area contributed by atoms with E-state index in [0.717, 1.165) is 47.1 Å². The molecule has 1 saturated heterocycles. The molecule has 0 bridgehead atoms. The van der Waals surface area contributed by atoms with Crippen molar-refractivity contribution in [3.8, 4) is 11.6 Å². The van der Waals surface area contributed by atoms with Crippen molar-refractivity contribution in [3.63, 3.8) is 0 Å². The number of rotatable bonds is 3. The Morgan fingerprint density at radius 2 is 1.92 bits per heavy atom. The summed E-state index contributed by atoms with van der Waals surface area (Å²) in [6.45, 7) is 1.92. The maximum Gasteiger partial charge on any atom is 0.248 e. The molecule has 122 valence electrons.